The molecule has 0 saturated heterocycles. The number of aromatic nitrogens is 3. The smallest absolute Gasteiger partial charge is 0.408 e. The van der Waals surface area contributed by atoms with Crippen LogP contribution in [0.2, 0.25) is 0 Å². The second-order valence-electron chi connectivity index (χ2n) is 8.76. The van der Waals surface area contributed by atoms with Crippen molar-refractivity contribution in [2.45, 2.75) is 51.4 Å². The lowest BCUT2D eigenvalue weighted by Gasteiger charge is -2.27. The van der Waals surface area contributed by atoms with Crippen LogP contribution in [0.25, 0.3) is 11.3 Å². The zero-order valence-corrected chi connectivity index (χ0v) is 19.9. The van der Waals surface area contributed by atoms with E-state index >= 15 is 0 Å². The number of ether oxygens (including phenoxy) is 2. The van der Waals surface area contributed by atoms with E-state index in [0.717, 1.165) is 29.7 Å². The van der Waals surface area contributed by atoms with Gasteiger partial charge in [0.2, 0.25) is 0 Å². The van der Waals surface area contributed by atoms with E-state index in [0.29, 0.717) is 24.3 Å². The Hall–Kier alpha value is -3.88. The molecule has 2 heterocycles. The third-order valence-corrected chi connectivity index (χ3v) is 6.30. The molecule has 9 nitrogen and oxygen atoms in total. The van der Waals surface area contributed by atoms with Crippen LogP contribution in [0.1, 0.15) is 50.0 Å². The number of carbonyl (C=O) groups is 2. The zero-order chi connectivity index (χ0) is 24.8. The molecule has 1 amide bonds. The van der Waals surface area contributed by atoms with Crippen molar-refractivity contribution >= 4 is 12.1 Å². The van der Waals surface area contributed by atoms with E-state index in [1.54, 1.807) is 24.1 Å². The molecule has 3 aromatic rings. The Morgan fingerprint density at radius 1 is 1.17 bits per heavy atom. The topological polar surface area (TPSA) is 116 Å². The first-order valence-corrected chi connectivity index (χ1v) is 11.8. The molecule has 0 radical (unpaired) electrons. The van der Waals surface area contributed by atoms with E-state index in [-0.39, 0.29) is 24.7 Å². The van der Waals surface area contributed by atoms with Crippen molar-refractivity contribution < 1.29 is 24.2 Å². The molecule has 0 unspecified atom stereocenters. The largest absolute Gasteiger partial charge is 0.489 e. The standard InChI is InChI=1S/C26H30N4O5/c1-17(18-7-4-3-5-8-18)34-26(33)28-16-24-22(15-29-30(24)2)23-12-11-21(14-27-23)35-20-10-6-9-19(13-20)25(31)32/h3-5,7-8,11-12,14-15,17,19-20H,6,9-10,13,16H2,1-2H3,(H,28,33)(H,31,32)/t17-,19+,20+/m1/s1. The van der Waals surface area contributed by atoms with Gasteiger partial charge in [0.1, 0.15) is 11.9 Å². The van der Waals surface area contributed by atoms with Gasteiger partial charge in [-0.1, -0.05) is 30.3 Å². The molecule has 1 aliphatic carbocycles. The molecule has 4 rings (SSSR count). The maximum Gasteiger partial charge on any atom is 0.408 e. The molecule has 2 N–H and O–H groups in total. The summed E-state index contributed by atoms with van der Waals surface area (Å²) < 4.78 is 13.2. The highest BCUT2D eigenvalue weighted by atomic mass is 16.6. The number of alkyl carbamates (subject to hydrolysis) is 1. The predicted molar refractivity (Wildman–Crippen MR) is 129 cm³/mol. The van der Waals surface area contributed by atoms with Crippen LogP contribution in [0, 0.1) is 5.92 Å². The van der Waals surface area contributed by atoms with Crippen molar-refractivity contribution in [1.29, 1.82) is 0 Å². The highest BCUT2D eigenvalue weighted by Crippen LogP contribution is 2.29. The summed E-state index contributed by atoms with van der Waals surface area (Å²) >= 11 is 0. The first kappa shape index (κ1) is 24.3. The van der Waals surface area contributed by atoms with Crippen LogP contribution in [-0.4, -0.2) is 38.0 Å². The number of amides is 1. The second-order valence-corrected chi connectivity index (χ2v) is 8.76. The number of rotatable bonds is 8. The number of hydrogen-bond donors (Lipinski definition) is 2. The molecule has 9 heteroatoms. The number of aryl methyl sites for hydroxylation is 1. The van der Waals surface area contributed by atoms with Crippen LogP contribution in [0.15, 0.2) is 54.9 Å². The molecular formula is C26H30N4O5. The van der Waals surface area contributed by atoms with Crippen LogP contribution < -0.4 is 10.1 Å². The minimum Gasteiger partial charge on any atom is -0.489 e. The van der Waals surface area contributed by atoms with Gasteiger partial charge in [-0.3, -0.25) is 14.5 Å². The molecule has 0 aliphatic heterocycles. The number of pyridine rings is 1. The van der Waals surface area contributed by atoms with E-state index in [1.165, 1.54) is 0 Å². The molecule has 1 aliphatic rings. The first-order chi connectivity index (χ1) is 16.9. The van der Waals surface area contributed by atoms with Gasteiger partial charge in [-0.2, -0.15) is 5.10 Å². The average molecular weight is 479 g/mol. The van der Waals surface area contributed by atoms with Crippen LogP contribution in [0.3, 0.4) is 0 Å². The third kappa shape index (κ3) is 6.17. The SMILES string of the molecule is C[C@@H](OC(=O)NCc1c(-c2ccc(O[C@H]3CCC[C@H](C(=O)O)C3)cn2)cnn1C)c1ccccc1. The van der Waals surface area contributed by atoms with E-state index in [2.05, 4.69) is 15.4 Å². The Morgan fingerprint density at radius 3 is 2.69 bits per heavy atom. The van der Waals surface area contributed by atoms with Gasteiger partial charge in [0.15, 0.2) is 0 Å². The normalized spacial score (nSPS) is 18.5. The van der Waals surface area contributed by atoms with E-state index in [1.807, 2.05) is 49.4 Å². The van der Waals surface area contributed by atoms with Gasteiger partial charge in [0, 0.05) is 12.6 Å². The molecule has 1 saturated carbocycles. The molecule has 1 aromatic carbocycles. The van der Waals surface area contributed by atoms with Crippen molar-refractivity contribution in [2.24, 2.45) is 13.0 Å². The minimum absolute atomic E-state index is 0.125. The van der Waals surface area contributed by atoms with Crippen molar-refractivity contribution in [2.75, 3.05) is 0 Å². The summed E-state index contributed by atoms with van der Waals surface area (Å²) in [6.45, 7) is 2.05. The van der Waals surface area contributed by atoms with Gasteiger partial charge < -0.3 is 19.9 Å². The first-order valence-electron chi connectivity index (χ1n) is 11.8. The Labute approximate surface area is 204 Å². The number of aliphatic carboxylic acids is 1. The van der Waals surface area contributed by atoms with Crippen LogP contribution >= 0.6 is 0 Å². The number of nitrogens with one attached hydrogen (secondary N) is 1. The average Bonchev–Trinajstić information content (AvgIpc) is 3.24. The van der Waals surface area contributed by atoms with Crippen LogP contribution in [0.4, 0.5) is 4.79 Å². The van der Waals surface area contributed by atoms with Gasteiger partial charge in [0.05, 0.1) is 42.3 Å². The number of carboxylic acids is 1. The lowest BCUT2D eigenvalue weighted by atomic mass is 9.87. The number of carboxylic acid groups (broad SMARTS) is 1. The molecule has 3 atom stereocenters. The van der Waals surface area contributed by atoms with E-state index < -0.39 is 12.1 Å². The fraction of sp³-hybridized carbons (Fsp3) is 0.385. The summed E-state index contributed by atoms with van der Waals surface area (Å²) in [6, 6.07) is 13.2. The highest BCUT2D eigenvalue weighted by molar-refractivity contribution is 5.70. The Morgan fingerprint density at radius 2 is 1.97 bits per heavy atom. The lowest BCUT2D eigenvalue weighted by molar-refractivity contribution is -0.143. The van der Waals surface area contributed by atoms with Crippen molar-refractivity contribution in [3.8, 4) is 17.0 Å². The Kier molecular flexibility index (Phi) is 7.64. The summed E-state index contributed by atoms with van der Waals surface area (Å²) in [6.07, 6.45) is 5.21. The molecule has 184 valence electrons. The maximum absolute atomic E-state index is 12.3. The number of hydrogen-bond acceptors (Lipinski definition) is 6. The molecule has 2 aromatic heterocycles. The third-order valence-electron chi connectivity index (χ3n) is 6.30. The minimum atomic E-state index is -0.761. The molecule has 1 fully saturated rings. The highest BCUT2D eigenvalue weighted by Gasteiger charge is 2.28. The van der Waals surface area contributed by atoms with Crippen molar-refractivity contribution in [3.63, 3.8) is 0 Å². The lowest BCUT2D eigenvalue weighted by Crippen LogP contribution is -2.29. The number of benzene rings is 1. The van der Waals surface area contributed by atoms with Crippen LogP contribution in [0.5, 0.6) is 5.75 Å². The monoisotopic (exact) mass is 478 g/mol. The van der Waals surface area contributed by atoms with Crippen molar-refractivity contribution in [1.82, 2.24) is 20.1 Å². The Balaban J connectivity index is 1.36. The maximum atomic E-state index is 12.3. The summed E-state index contributed by atoms with van der Waals surface area (Å²) in [7, 11) is 1.80. The predicted octanol–water partition coefficient (Wildman–Crippen LogP) is 4.49. The molecule has 0 bridgehead atoms. The van der Waals surface area contributed by atoms with Gasteiger partial charge in [-0.25, -0.2) is 4.79 Å². The second kappa shape index (κ2) is 11.0. The van der Waals surface area contributed by atoms with Gasteiger partial charge in [-0.15, -0.1) is 0 Å². The summed E-state index contributed by atoms with van der Waals surface area (Å²) in [5.74, 6) is -0.511. The van der Waals surface area contributed by atoms with E-state index in [4.69, 9.17) is 9.47 Å². The summed E-state index contributed by atoms with van der Waals surface area (Å²) in [5.41, 5.74) is 3.19. The molecule has 0 spiro atoms. The van der Waals surface area contributed by atoms with Gasteiger partial charge in [0.25, 0.3) is 0 Å². The number of nitrogens with zero attached hydrogens (tertiary/aromatic N) is 3. The van der Waals surface area contributed by atoms with Gasteiger partial charge >= 0.3 is 12.1 Å². The molecule has 35 heavy (non-hydrogen) atoms. The van der Waals surface area contributed by atoms with Crippen LogP contribution in [-0.2, 0) is 23.1 Å². The van der Waals surface area contributed by atoms with Gasteiger partial charge in [-0.05, 0) is 50.3 Å². The summed E-state index contributed by atoms with van der Waals surface area (Å²) in [5, 5.41) is 16.4. The molecular weight excluding hydrogens is 448 g/mol. The van der Waals surface area contributed by atoms with Crippen molar-refractivity contribution in [3.05, 3.63) is 66.1 Å². The Bertz CT molecular complexity index is 1150. The number of carbonyl (C=O) groups excluding carboxylic acids is 1. The fourth-order valence-corrected chi connectivity index (χ4v) is 4.31. The zero-order valence-electron chi connectivity index (χ0n) is 19.9. The summed E-state index contributed by atoms with van der Waals surface area (Å²) in [4.78, 5) is 28.2. The quantitative estimate of drug-likeness (QED) is 0.490. The fourth-order valence-electron chi connectivity index (χ4n) is 4.31. The van der Waals surface area contributed by atoms with E-state index in [9.17, 15) is 14.7 Å².